The van der Waals surface area contributed by atoms with E-state index in [1.54, 1.807) is 0 Å². The molecule has 0 spiro atoms. The predicted octanol–water partition coefficient (Wildman–Crippen LogP) is 5.07. The van der Waals surface area contributed by atoms with Gasteiger partial charge in [-0.25, -0.2) is 0 Å². The molecule has 3 rings (SSSR count). The van der Waals surface area contributed by atoms with E-state index in [1.807, 2.05) is 23.5 Å². The van der Waals surface area contributed by atoms with Gasteiger partial charge in [-0.15, -0.1) is 11.3 Å². The van der Waals surface area contributed by atoms with Crippen LogP contribution in [0.25, 0.3) is 0 Å². The maximum atomic E-state index is 6.03. The van der Waals surface area contributed by atoms with Crippen molar-refractivity contribution in [2.24, 2.45) is 0 Å². The highest BCUT2D eigenvalue weighted by Crippen LogP contribution is 2.38. The fourth-order valence-corrected chi connectivity index (χ4v) is 4.21. The van der Waals surface area contributed by atoms with Crippen LogP contribution < -0.4 is 0 Å². The Morgan fingerprint density at radius 3 is 2.60 bits per heavy atom. The van der Waals surface area contributed by atoms with Crippen LogP contribution in [-0.4, -0.2) is 17.5 Å². The van der Waals surface area contributed by atoms with Crippen LogP contribution in [0.5, 0.6) is 0 Å². The van der Waals surface area contributed by atoms with Crippen LogP contribution in [0.4, 0.5) is 0 Å². The van der Waals surface area contributed by atoms with Crippen molar-refractivity contribution < 1.29 is 0 Å². The minimum absolute atomic E-state index is 0.475. The normalized spacial score (nSPS) is 19.4. The number of fused-ring (bicyclic) bond motifs is 1. The highest BCUT2D eigenvalue weighted by molar-refractivity contribution is 7.12. The molecule has 0 bridgehead atoms. The SMILES string of the molecule is Cc1cc2c(s1)CN(C(C)C)CC2c1ccc(Cl)cc1. The van der Waals surface area contributed by atoms with E-state index in [1.165, 1.54) is 20.9 Å². The summed E-state index contributed by atoms with van der Waals surface area (Å²) in [6.45, 7) is 8.97. The molecular formula is C17H20ClNS. The van der Waals surface area contributed by atoms with E-state index < -0.39 is 0 Å². The van der Waals surface area contributed by atoms with Crippen molar-refractivity contribution in [2.45, 2.75) is 39.3 Å². The van der Waals surface area contributed by atoms with Crippen LogP contribution in [0.15, 0.2) is 30.3 Å². The first-order valence-corrected chi connectivity index (χ1v) is 8.32. The van der Waals surface area contributed by atoms with E-state index in [2.05, 4.69) is 43.9 Å². The minimum atomic E-state index is 0.475. The molecule has 1 atom stereocenters. The fraction of sp³-hybridized carbons (Fsp3) is 0.412. The van der Waals surface area contributed by atoms with Gasteiger partial charge in [-0.05, 0) is 50.1 Å². The smallest absolute Gasteiger partial charge is 0.0406 e. The van der Waals surface area contributed by atoms with Crippen LogP contribution in [0.1, 0.15) is 40.6 Å². The Morgan fingerprint density at radius 2 is 1.95 bits per heavy atom. The average Bonchev–Trinajstić information content (AvgIpc) is 2.78. The molecule has 1 unspecified atom stereocenters. The molecule has 1 nitrogen and oxygen atoms in total. The molecule has 1 aromatic carbocycles. The topological polar surface area (TPSA) is 3.24 Å². The second-order valence-corrected chi connectivity index (χ2v) is 7.64. The molecule has 1 aromatic heterocycles. The lowest BCUT2D eigenvalue weighted by Crippen LogP contribution is -2.37. The Morgan fingerprint density at radius 1 is 1.25 bits per heavy atom. The van der Waals surface area contributed by atoms with E-state index in [-0.39, 0.29) is 0 Å². The predicted molar refractivity (Wildman–Crippen MR) is 87.9 cm³/mol. The molecule has 0 N–H and O–H groups in total. The number of aryl methyl sites for hydroxylation is 1. The Kier molecular flexibility index (Phi) is 3.89. The monoisotopic (exact) mass is 305 g/mol. The Hall–Kier alpha value is -0.830. The van der Waals surface area contributed by atoms with Crippen molar-refractivity contribution in [1.82, 2.24) is 4.90 Å². The fourth-order valence-electron chi connectivity index (χ4n) is 2.96. The molecule has 0 aliphatic carbocycles. The molecule has 0 saturated heterocycles. The van der Waals surface area contributed by atoms with Crippen LogP contribution in [0, 0.1) is 6.92 Å². The molecule has 106 valence electrons. The lowest BCUT2D eigenvalue weighted by molar-refractivity contribution is 0.195. The first-order valence-electron chi connectivity index (χ1n) is 7.13. The van der Waals surface area contributed by atoms with Gasteiger partial charge in [0.1, 0.15) is 0 Å². The van der Waals surface area contributed by atoms with Crippen molar-refractivity contribution in [3.8, 4) is 0 Å². The maximum absolute atomic E-state index is 6.03. The summed E-state index contributed by atoms with van der Waals surface area (Å²) in [5.41, 5.74) is 2.89. The summed E-state index contributed by atoms with van der Waals surface area (Å²) in [6, 6.07) is 11.3. The van der Waals surface area contributed by atoms with Gasteiger partial charge < -0.3 is 0 Å². The number of hydrogen-bond donors (Lipinski definition) is 0. The molecule has 3 heteroatoms. The number of hydrogen-bond acceptors (Lipinski definition) is 2. The van der Waals surface area contributed by atoms with Gasteiger partial charge in [0.25, 0.3) is 0 Å². The zero-order valence-corrected chi connectivity index (χ0v) is 13.8. The van der Waals surface area contributed by atoms with E-state index in [0.717, 1.165) is 18.1 Å². The molecule has 0 radical (unpaired) electrons. The first-order chi connectivity index (χ1) is 9.54. The minimum Gasteiger partial charge on any atom is -0.295 e. The second kappa shape index (κ2) is 5.51. The number of benzene rings is 1. The van der Waals surface area contributed by atoms with Crippen LogP contribution in [0.2, 0.25) is 5.02 Å². The van der Waals surface area contributed by atoms with E-state index in [0.29, 0.717) is 12.0 Å². The summed E-state index contributed by atoms with van der Waals surface area (Å²) >= 11 is 7.97. The van der Waals surface area contributed by atoms with E-state index >= 15 is 0 Å². The van der Waals surface area contributed by atoms with Crippen molar-refractivity contribution >= 4 is 22.9 Å². The van der Waals surface area contributed by atoms with Crippen molar-refractivity contribution in [1.29, 1.82) is 0 Å². The van der Waals surface area contributed by atoms with Crippen LogP contribution in [-0.2, 0) is 6.54 Å². The van der Waals surface area contributed by atoms with Gasteiger partial charge in [-0.2, -0.15) is 0 Å². The maximum Gasteiger partial charge on any atom is 0.0406 e. The zero-order chi connectivity index (χ0) is 14.3. The lowest BCUT2D eigenvalue weighted by Gasteiger charge is -2.35. The van der Waals surface area contributed by atoms with Crippen LogP contribution >= 0.6 is 22.9 Å². The van der Waals surface area contributed by atoms with Crippen molar-refractivity contribution in [3.63, 3.8) is 0 Å². The quantitative estimate of drug-likeness (QED) is 0.749. The molecule has 0 fully saturated rings. The lowest BCUT2D eigenvalue weighted by atomic mass is 9.88. The highest BCUT2D eigenvalue weighted by Gasteiger charge is 2.29. The molecule has 0 amide bonds. The van der Waals surface area contributed by atoms with Crippen molar-refractivity contribution in [3.05, 3.63) is 56.2 Å². The van der Waals surface area contributed by atoms with Gasteiger partial charge in [0, 0.05) is 39.8 Å². The Bertz CT molecular complexity index is 600. The van der Waals surface area contributed by atoms with Crippen molar-refractivity contribution in [2.75, 3.05) is 6.54 Å². The summed E-state index contributed by atoms with van der Waals surface area (Å²) in [5.74, 6) is 0.475. The van der Waals surface area contributed by atoms with Gasteiger partial charge in [-0.1, -0.05) is 23.7 Å². The number of halogens is 1. The third-order valence-corrected chi connectivity index (χ3v) is 5.41. The molecule has 1 aliphatic rings. The number of nitrogens with zero attached hydrogens (tertiary/aromatic N) is 1. The summed E-state index contributed by atoms with van der Waals surface area (Å²) in [4.78, 5) is 5.51. The first kappa shape index (κ1) is 14.1. The van der Waals surface area contributed by atoms with Gasteiger partial charge in [0.05, 0.1) is 0 Å². The summed E-state index contributed by atoms with van der Waals surface area (Å²) in [5, 5.41) is 0.812. The van der Waals surface area contributed by atoms with E-state index in [9.17, 15) is 0 Å². The molecule has 2 aromatic rings. The molecule has 20 heavy (non-hydrogen) atoms. The number of thiophene rings is 1. The summed E-state index contributed by atoms with van der Waals surface area (Å²) in [6.07, 6.45) is 0. The second-order valence-electron chi connectivity index (χ2n) is 5.86. The van der Waals surface area contributed by atoms with Gasteiger partial charge in [-0.3, -0.25) is 4.90 Å². The Balaban J connectivity index is 2.02. The van der Waals surface area contributed by atoms with Gasteiger partial charge in [0.2, 0.25) is 0 Å². The zero-order valence-electron chi connectivity index (χ0n) is 12.2. The summed E-state index contributed by atoms with van der Waals surface area (Å²) < 4.78 is 0. The van der Waals surface area contributed by atoms with E-state index in [4.69, 9.17) is 11.6 Å². The van der Waals surface area contributed by atoms with Gasteiger partial charge >= 0.3 is 0 Å². The van der Waals surface area contributed by atoms with Crippen LogP contribution in [0.3, 0.4) is 0 Å². The molecule has 2 heterocycles. The molecule has 1 aliphatic heterocycles. The number of rotatable bonds is 2. The largest absolute Gasteiger partial charge is 0.295 e. The third-order valence-electron chi connectivity index (χ3n) is 4.11. The van der Waals surface area contributed by atoms with Gasteiger partial charge in [0.15, 0.2) is 0 Å². The average molecular weight is 306 g/mol. The Labute approximate surface area is 130 Å². The third kappa shape index (κ3) is 2.65. The highest BCUT2D eigenvalue weighted by atomic mass is 35.5. The molecular weight excluding hydrogens is 286 g/mol. The summed E-state index contributed by atoms with van der Waals surface area (Å²) in [7, 11) is 0. The molecule has 0 saturated carbocycles. The standard InChI is InChI=1S/C17H20ClNS/c1-11(2)19-9-16(13-4-6-14(18)7-5-13)15-8-12(3)20-17(15)10-19/h4-8,11,16H,9-10H2,1-3H3.